The number of nitrogens with zero attached hydrogens (tertiary/aromatic N) is 1. The van der Waals surface area contributed by atoms with Crippen molar-refractivity contribution in [3.8, 4) is 5.75 Å². The zero-order chi connectivity index (χ0) is 35.6. The molecule has 0 radical (unpaired) electrons. The summed E-state index contributed by atoms with van der Waals surface area (Å²) in [7, 11) is 0. The number of rotatable bonds is 8. The molecule has 0 bridgehead atoms. The van der Waals surface area contributed by atoms with Gasteiger partial charge in [0.25, 0.3) is 0 Å². The highest BCUT2D eigenvalue weighted by atomic mass is 35.5. The van der Waals surface area contributed by atoms with Crippen molar-refractivity contribution in [1.29, 1.82) is 0 Å². The van der Waals surface area contributed by atoms with Crippen LogP contribution in [0.5, 0.6) is 5.75 Å². The number of hydrogen-bond acceptors (Lipinski definition) is 4. The smallest absolute Gasteiger partial charge is 0.442 e. The number of esters is 1. The monoisotopic (exact) mass is 703 g/mol. The summed E-state index contributed by atoms with van der Waals surface area (Å²) in [6.45, 7) is 2.78. The molecule has 0 N–H and O–H groups in total. The maximum absolute atomic E-state index is 14.8. The van der Waals surface area contributed by atoms with Crippen LogP contribution in [0, 0.1) is 0 Å². The molecule has 1 aliphatic heterocycles. The molecule has 0 fully saturated rings. The average Bonchev–Trinajstić information content (AvgIpc) is 3.24. The van der Waals surface area contributed by atoms with E-state index in [2.05, 4.69) is 4.74 Å². The van der Waals surface area contributed by atoms with Crippen LogP contribution < -0.4 is 9.64 Å². The lowest BCUT2D eigenvalue weighted by molar-refractivity contribution is -0.378. The largest absolute Gasteiger partial charge is 0.489 e. The standard InChI is InChI=1S/C37H32ClF6NO4/c1-23(25-10-5-3-6-11-25)33(46)45-22-31(48-30-15-9-14-29(38)21-30)18-16-27-20-28(17-19-32(27)45)35(36(39,40)41,37(42,43)44)49-34(47)24(2)26-12-7-4-8-13-26/h3-15,17,19-21,23-24,31H,16,18,22H2,1-2H3/t23-,24-,31-/m0/s1. The van der Waals surface area contributed by atoms with E-state index >= 15 is 0 Å². The van der Waals surface area contributed by atoms with Crippen LogP contribution in [-0.2, 0) is 26.3 Å². The van der Waals surface area contributed by atoms with Gasteiger partial charge in [0, 0.05) is 16.3 Å². The molecule has 3 atom stereocenters. The summed E-state index contributed by atoms with van der Waals surface area (Å²) in [6.07, 6.45) is -12.8. The Bertz CT molecular complexity index is 1770. The van der Waals surface area contributed by atoms with E-state index in [1.165, 1.54) is 36.1 Å². The van der Waals surface area contributed by atoms with Crippen LogP contribution in [0.3, 0.4) is 0 Å². The second kappa shape index (κ2) is 14.2. The molecule has 1 amide bonds. The minimum atomic E-state index is -6.11. The molecule has 12 heteroatoms. The average molecular weight is 704 g/mol. The Morgan fingerprint density at radius 2 is 1.37 bits per heavy atom. The Balaban J connectivity index is 1.59. The first-order chi connectivity index (χ1) is 23.1. The van der Waals surface area contributed by atoms with E-state index in [4.69, 9.17) is 16.3 Å². The first-order valence-corrected chi connectivity index (χ1v) is 15.8. The number of carbonyl (C=O) groups is 2. The SMILES string of the molecule is C[C@H](C(=O)OC(c1ccc2c(c1)CC[C@H](Oc1cccc(Cl)c1)CN2C(=O)[C@@H](C)c1ccccc1)(C(F)(F)F)C(F)(F)F)c1ccccc1. The maximum atomic E-state index is 14.8. The second-order valence-electron chi connectivity index (χ2n) is 11.9. The predicted molar refractivity (Wildman–Crippen MR) is 173 cm³/mol. The number of aryl methyl sites for hydroxylation is 1. The zero-order valence-corrected chi connectivity index (χ0v) is 27.2. The van der Waals surface area contributed by atoms with Gasteiger partial charge in [-0.1, -0.05) is 84.4 Å². The van der Waals surface area contributed by atoms with Gasteiger partial charge in [0.1, 0.15) is 11.9 Å². The Hall–Kier alpha value is -4.51. The fourth-order valence-electron chi connectivity index (χ4n) is 5.91. The molecule has 0 saturated carbocycles. The Morgan fingerprint density at radius 3 is 1.94 bits per heavy atom. The zero-order valence-electron chi connectivity index (χ0n) is 26.4. The van der Waals surface area contributed by atoms with Gasteiger partial charge in [0.2, 0.25) is 5.91 Å². The number of halogens is 7. The molecule has 0 aromatic heterocycles. The van der Waals surface area contributed by atoms with Crippen molar-refractivity contribution in [3.05, 3.63) is 130 Å². The van der Waals surface area contributed by atoms with Crippen LogP contribution in [0.15, 0.2) is 103 Å². The second-order valence-corrected chi connectivity index (χ2v) is 12.3. The lowest BCUT2D eigenvalue weighted by Crippen LogP contribution is -2.57. The van der Waals surface area contributed by atoms with Crippen LogP contribution in [0.25, 0.3) is 0 Å². The summed E-state index contributed by atoms with van der Waals surface area (Å²) in [6, 6.07) is 25.1. The van der Waals surface area contributed by atoms with E-state index in [9.17, 15) is 35.9 Å². The topological polar surface area (TPSA) is 55.8 Å². The Labute approximate surface area is 284 Å². The van der Waals surface area contributed by atoms with Gasteiger partial charge in [-0.25, -0.2) is 0 Å². The summed E-state index contributed by atoms with van der Waals surface area (Å²) >= 11 is 6.12. The molecule has 4 aromatic rings. The molecule has 4 aromatic carbocycles. The van der Waals surface area contributed by atoms with Gasteiger partial charge in [-0.05, 0) is 73.7 Å². The fourth-order valence-corrected chi connectivity index (χ4v) is 6.09. The summed E-state index contributed by atoms with van der Waals surface area (Å²) in [5.41, 5.74) is -5.35. The molecular formula is C37H32ClF6NO4. The Morgan fingerprint density at radius 1 is 0.776 bits per heavy atom. The van der Waals surface area contributed by atoms with E-state index < -0.39 is 53.3 Å². The summed E-state index contributed by atoms with van der Waals surface area (Å²) < 4.78 is 99.7. The number of carbonyl (C=O) groups excluding carboxylic acids is 2. The number of amides is 1. The van der Waals surface area contributed by atoms with E-state index in [0.717, 1.165) is 12.1 Å². The maximum Gasteiger partial charge on any atom is 0.442 e. The number of fused-ring (bicyclic) bond motifs is 1. The molecule has 1 heterocycles. The molecule has 0 unspecified atom stereocenters. The van der Waals surface area contributed by atoms with Crippen LogP contribution in [0.2, 0.25) is 5.02 Å². The van der Waals surface area contributed by atoms with Crippen molar-refractivity contribution >= 4 is 29.2 Å². The number of hydrogen-bond donors (Lipinski definition) is 0. The lowest BCUT2D eigenvalue weighted by Gasteiger charge is -2.38. The molecule has 5 nitrogen and oxygen atoms in total. The Kier molecular flexibility index (Phi) is 10.3. The number of benzene rings is 4. The summed E-state index contributed by atoms with van der Waals surface area (Å²) in [5.74, 6) is -3.94. The predicted octanol–water partition coefficient (Wildman–Crippen LogP) is 9.54. The van der Waals surface area contributed by atoms with Gasteiger partial charge in [0.15, 0.2) is 0 Å². The minimum Gasteiger partial charge on any atom is -0.489 e. The summed E-state index contributed by atoms with van der Waals surface area (Å²) in [4.78, 5) is 28.4. The number of anilines is 1. The normalized spacial score (nSPS) is 16.6. The van der Waals surface area contributed by atoms with Crippen molar-refractivity contribution < 1.29 is 45.4 Å². The lowest BCUT2D eigenvalue weighted by atomic mass is 9.88. The van der Waals surface area contributed by atoms with Crippen LogP contribution >= 0.6 is 11.6 Å². The van der Waals surface area contributed by atoms with Gasteiger partial charge in [-0.2, -0.15) is 26.3 Å². The highest BCUT2D eigenvalue weighted by molar-refractivity contribution is 6.30. The van der Waals surface area contributed by atoms with Crippen LogP contribution in [0.4, 0.5) is 32.0 Å². The third-order valence-corrected chi connectivity index (χ3v) is 8.87. The van der Waals surface area contributed by atoms with Crippen molar-refractivity contribution in [3.63, 3.8) is 0 Å². The van der Waals surface area contributed by atoms with Crippen LogP contribution in [0.1, 0.15) is 54.4 Å². The minimum absolute atomic E-state index is 0.0216. The van der Waals surface area contributed by atoms with E-state index in [0.29, 0.717) is 22.4 Å². The van der Waals surface area contributed by atoms with Crippen molar-refractivity contribution in [2.24, 2.45) is 0 Å². The molecule has 0 saturated heterocycles. The van der Waals surface area contributed by atoms with Crippen molar-refractivity contribution in [2.75, 3.05) is 11.4 Å². The number of ether oxygens (including phenoxy) is 2. The first-order valence-electron chi connectivity index (χ1n) is 15.5. The molecule has 0 aliphatic carbocycles. The fraction of sp³-hybridized carbons (Fsp3) is 0.297. The molecule has 258 valence electrons. The third-order valence-electron chi connectivity index (χ3n) is 8.64. The first kappa shape index (κ1) is 35.8. The van der Waals surface area contributed by atoms with Gasteiger partial charge >= 0.3 is 23.9 Å². The van der Waals surface area contributed by atoms with Crippen LogP contribution in [-0.4, -0.2) is 36.9 Å². The van der Waals surface area contributed by atoms with E-state index in [-0.39, 0.29) is 36.2 Å². The quantitative estimate of drug-likeness (QED) is 0.136. The van der Waals surface area contributed by atoms with Crippen molar-refractivity contribution in [2.45, 2.75) is 62.6 Å². The highest BCUT2D eigenvalue weighted by Crippen LogP contribution is 2.54. The van der Waals surface area contributed by atoms with Crippen molar-refractivity contribution in [1.82, 2.24) is 0 Å². The van der Waals surface area contributed by atoms with Gasteiger partial charge < -0.3 is 14.4 Å². The van der Waals surface area contributed by atoms with E-state index in [1.807, 2.05) is 0 Å². The van der Waals surface area contributed by atoms with Gasteiger partial charge in [-0.3, -0.25) is 9.59 Å². The molecule has 1 aliphatic rings. The third kappa shape index (κ3) is 7.41. The highest BCUT2D eigenvalue weighted by Gasteiger charge is 2.75. The molecule has 5 rings (SSSR count). The van der Waals surface area contributed by atoms with Gasteiger partial charge in [0.05, 0.1) is 18.4 Å². The van der Waals surface area contributed by atoms with Gasteiger partial charge in [-0.15, -0.1) is 0 Å². The molecule has 0 spiro atoms. The molecular weight excluding hydrogens is 672 g/mol. The molecule has 49 heavy (non-hydrogen) atoms. The summed E-state index contributed by atoms with van der Waals surface area (Å²) in [5, 5.41) is 0.386. The number of alkyl halides is 6. The van der Waals surface area contributed by atoms with E-state index in [1.54, 1.807) is 67.6 Å².